The van der Waals surface area contributed by atoms with Crippen LogP contribution in [0, 0.1) is 0 Å². The molecule has 1 fully saturated rings. The minimum atomic E-state index is -1.35. The zero-order chi connectivity index (χ0) is 9.46. The molecule has 1 aliphatic rings. The van der Waals surface area contributed by atoms with Gasteiger partial charge in [0.2, 0.25) is 0 Å². The van der Waals surface area contributed by atoms with Gasteiger partial charge >= 0.3 is 0 Å². The summed E-state index contributed by atoms with van der Waals surface area (Å²) in [4.78, 5) is 0. The smallest absolute Gasteiger partial charge is 0.149 e. The first-order chi connectivity index (χ1) is 5.46. The maximum Gasteiger partial charge on any atom is 0.149 e. The fourth-order valence-corrected chi connectivity index (χ4v) is 256. The maximum absolute atomic E-state index is 6.24. The van der Waals surface area contributed by atoms with Gasteiger partial charge in [-0.15, -0.1) is 0 Å². The Balaban J connectivity index is 2.76. The Morgan fingerprint density at radius 1 is 0.333 bits per heavy atom. The number of hydrogen-bond donors (Lipinski definition) is 0. The van der Waals surface area contributed by atoms with Crippen LogP contribution in [0.2, 0.25) is 0 Å². The zero-order valence-corrected chi connectivity index (χ0v) is 17.2. The lowest BCUT2D eigenvalue weighted by molar-refractivity contribution is 3.36. The van der Waals surface area contributed by atoms with Crippen LogP contribution in [0.5, 0.6) is 0 Å². The van der Waals surface area contributed by atoms with E-state index in [0.29, 0.717) is 0 Å². The first-order valence-corrected chi connectivity index (χ1v) is 29.8. The summed E-state index contributed by atoms with van der Waals surface area (Å²) in [7, 11) is -8.08. The summed E-state index contributed by atoms with van der Waals surface area (Å²) in [5, 5.41) is 0. The fourth-order valence-electron chi connectivity index (χ4n) is 1.05. The lowest BCUT2D eigenvalue weighted by Crippen LogP contribution is -2.68. The summed E-state index contributed by atoms with van der Waals surface area (Å²) in [5.41, 5.74) is 0. The van der Waals surface area contributed by atoms with E-state index < -0.39 is 42.8 Å². The summed E-state index contributed by atoms with van der Waals surface area (Å²) in [6.07, 6.45) is 0. The van der Waals surface area contributed by atoms with Gasteiger partial charge in [0, 0.05) is 0 Å². The monoisotopic (exact) mass is 384 g/mol. The molecule has 0 atom stereocenters. The molecule has 72 valence electrons. The van der Waals surface area contributed by atoms with Crippen LogP contribution in [0.3, 0.4) is 0 Å². The van der Waals surface area contributed by atoms with Crippen molar-refractivity contribution >= 4 is 109 Å². The number of halogens is 6. The molecule has 0 unspecified atom stereocenters. The molecule has 0 spiro atoms. The Morgan fingerprint density at radius 2 is 0.417 bits per heavy atom. The highest BCUT2D eigenvalue weighted by Gasteiger charge is 2.53. The van der Waals surface area contributed by atoms with E-state index in [1.165, 1.54) is 0 Å². The lowest BCUT2D eigenvalue weighted by Gasteiger charge is -2.32. The Morgan fingerprint density at radius 3 is 0.500 bits per heavy atom. The molecule has 0 saturated carbocycles. The first kappa shape index (κ1) is 13.1. The van der Waals surface area contributed by atoms with Gasteiger partial charge < -0.3 is 0 Å². The fraction of sp³-hybridized carbons (Fsp3) is 0. The van der Waals surface area contributed by atoms with Crippen LogP contribution in [0.25, 0.3) is 0 Å². The highest BCUT2D eigenvalue weighted by atomic mass is 35.6. The summed E-state index contributed by atoms with van der Waals surface area (Å²) >= 11 is 37.4. The van der Waals surface area contributed by atoms with Crippen molar-refractivity contribution in [3.63, 3.8) is 0 Å². The molecular weight excluding hydrogens is 381 g/mol. The molecule has 0 aliphatic carbocycles. The van der Waals surface area contributed by atoms with Crippen molar-refractivity contribution in [2.75, 3.05) is 0 Å². The SMILES string of the molecule is Cl[SiH]1[SiH](Cl)[SiH](Cl)[SiH](Cl)[SiH](Cl)[SiH]1Cl. The highest BCUT2D eigenvalue weighted by molar-refractivity contribution is 8.19. The van der Waals surface area contributed by atoms with Crippen LogP contribution in [0.4, 0.5) is 0 Å². The maximum atomic E-state index is 6.24. The lowest BCUT2D eigenvalue weighted by atomic mass is 26.0. The summed E-state index contributed by atoms with van der Waals surface area (Å²) in [6, 6.07) is 0. The molecule has 0 nitrogen and oxygen atoms in total. The van der Waals surface area contributed by atoms with E-state index in [2.05, 4.69) is 0 Å². The van der Waals surface area contributed by atoms with Gasteiger partial charge in [0.15, 0.2) is 0 Å². The molecule has 1 rings (SSSR count). The predicted octanol–water partition coefficient (Wildman–Crippen LogP) is 0.246. The number of hydrogen-bond acceptors (Lipinski definition) is 0. The van der Waals surface area contributed by atoms with Gasteiger partial charge in [-0.05, 0) is 0 Å². The van der Waals surface area contributed by atoms with Gasteiger partial charge in [-0.2, -0.15) is 66.5 Å². The van der Waals surface area contributed by atoms with Crippen LogP contribution in [0.15, 0.2) is 0 Å². The Kier molecular flexibility index (Phi) is 5.89. The van der Waals surface area contributed by atoms with E-state index in [0.717, 1.165) is 0 Å². The van der Waals surface area contributed by atoms with Crippen molar-refractivity contribution < 1.29 is 0 Å². The molecule has 1 aliphatic heterocycles. The third-order valence-corrected chi connectivity index (χ3v) is 148. The molecule has 1 heterocycles. The van der Waals surface area contributed by atoms with Crippen molar-refractivity contribution in [1.82, 2.24) is 0 Å². The third kappa shape index (κ3) is 2.59. The molecule has 0 N–H and O–H groups in total. The van der Waals surface area contributed by atoms with Crippen LogP contribution >= 0.6 is 66.5 Å². The Hall–Kier alpha value is 3.04. The van der Waals surface area contributed by atoms with E-state index in [9.17, 15) is 0 Å². The second-order valence-electron chi connectivity index (χ2n) is 2.67. The molecular formula is H6Cl6Si6. The van der Waals surface area contributed by atoms with Crippen molar-refractivity contribution in [2.45, 2.75) is 0 Å². The third-order valence-electron chi connectivity index (χ3n) is 1.83. The van der Waals surface area contributed by atoms with Crippen molar-refractivity contribution in [2.24, 2.45) is 0 Å². The van der Waals surface area contributed by atoms with Crippen molar-refractivity contribution in [1.29, 1.82) is 0 Å². The minimum absolute atomic E-state index is 1.35. The van der Waals surface area contributed by atoms with E-state index in [1.807, 2.05) is 0 Å². The summed E-state index contributed by atoms with van der Waals surface area (Å²) in [6.45, 7) is 0. The standard InChI is InChI=1S/Cl6H6Si6/c1-7-8(2)10(4)12(6)11(5)9(7)3/h7-12H. The van der Waals surface area contributed by atoms with Crippen LogP contribution < -0.4 is 0 Å². The van der Waals surface area contributed by atoms with Gasteiger partial charge in [0.1, 0.15) is 42.8 Å². The molecule has 12 heavy (non-hydrogen) atoms. The molecule has 0 aromatic carbocycles. The van der Waals surface area contributed by atoms with Crippen molar-refractivity contribution in [3.8, 4) is 0 Å². The Labute approximate surface area is 108 Å². The quantitative estimate of drug-likeness (QED) is 0.413. The average molecular weight is 387 g/mol. The molecule has 0 bridgehead atoms. The molecule has 0 aromatic rings. The predicted molar refractivity (Wildman–Crippen MR) is 78.0 cm³/mol. The zero-order valence-electron chi connectivity index (χ0n) is 5.73. The molecule has 0 amide bonds. The largest absolute Gasteiger partial charge is 0.177 e. The van der Waals surface area contributed by atoms with Crippen molar-refractivity contribution in [3.05, 3.63) is 0 Å². The summed E-state index contributed by atoms with van der Waals surface area (Å²) < 4.78 is 0. The topological polar surface area (TPSA) is 0 Å². The van der Waals surface area contributed by atoms with Gasteiger partial charge in [-0.25, -0.2) is 0 Å². The van der Waals surface area contributed by atoms with Gasteiger partial charge in [-0.1, -0.05) is 0 Å². The van der Waals surface area contributed by atoms with Gasteiger partial charge in [0.25, 0.3) is 0 Å². The second-order valence-corrected chi connectivity index (χ2v) is 72.0. The second kappa shape index (κ2) is 5.39. The van der Waals surface area contributed by atoms with E-state index in [1.54, 1.807) is 0 Å². The summed E-state index contributed by atoms with van der Waals surface area (Å²) in [5.74, 6) is 0. The van der Waals surface area contributed by atoms with Crippen LogP contribution in [-0.2, 0) is 0 Å². The molecule has 0 radical (unpaired) electrons. The van der Waals surface area contributed by atoms with Crippen LogP contribution in [-0.4, -0.2) is 42.8 Å². The highest BCUT2D eigenvalue weighted by Crippen LogP contribution is 2.27. The molecule has 12 heteroatoms. The van der Waals surface area contributed by atoms with E-state index in [-0.39, 0.29) is 0 Å². The van der Waals surface area contributed by atoms with Gasteiger partial charge in [0.05, 0.1) is 0 Å². The number of rotatable bonds is 0. The normalized spacial score (nSPS) is 55.5. The van der Waals surface area contributed by atoms with E-state index >= 15 is 0 Å². The Bertz CT molecular complexity index is 104. The van der Waals surface area contributed by atoms with E-state index in [4.69, 9.17) is 66.5 Å². The minimum Gasteiger partial charge on any atom is -0.177 e. The average Bonchev–Trinajstić information content (AvgIpc) is 2.08. The first-order valence-electron chi connectivity index (χ1n) is 3.31. The molecule has 1 saturated heterocycles. The van der Waals surface area contributed by atoms with Crippen LogP contribution in [0.1, 0.15) is 0 Å². The van der Waals surface area contributed by atoms with Gasteiger partial charge in [-0.3, -0.25) is 0 Å². The molecule has 0 aromatic heterocycles.